The summed E-state index contributed by atoms with van der Waals surface area (Å²) in [5.74, 6) is 0.256. The van der Waals surface area contributed by atoms with Gasteiger partial charge in [-0.1, -0.05) is 26.0 Å². The van der Waals surface area contributed by atoms with E-state index in [0.717, 1.165) is 19.3 Å². The number of likely N-dealkylation sites (tertiary alicyclic amines) is 1. The highest BCUT2D eigenvalue weighted by Gasteiger charge is 2.39. The molecule has 2 aliphatic heterocycles. The van der Waals surface area contributed by atoms with Gasteiger partial charge in [0.25, 0.3) is 10.0 Å². The van der Waals surface area contributed by atoms with Crippen LogP contribution in [0.3, 0.4) is 0 Å². The van der Waals surface area contributed by atoms with E-state index in [1.165, 1.54) is 0 Å². The monoisotopic (exact) mass is 378 g/mol. The molecule has 142 valence electrons. The molecule has 0 radical (unpaired) electrons. The molecule has 8 heteroatoms. The lowest BCUT2D eigenvalue weighted by atomic mass is 9.94. The summed E-state index contributed by atoms with van der Waals surface area (Å²) in [6, 6.07) is 6.33. The van der Waals surface area contributed by atoms with E-state index in [1.54, 1.807) is 24.3 Å². The van der Waals surface area contributed by atoms with Gasteiger partial charge in [0.15, 0.2) is 5.84 Å². The van der Waals surface area contributed by atoms with E-state index >= 15 is 0 Å². The number of carbonyl (C=O) groups is 1. The molecule has 26 heavy (non-hydrogen) atoms. The van der Waals surface area contributed by atoms with Crippen molar-refractivity contribution in [3.8, 4) is 0 Å². The topological polar surface area (TPSA) is 105 Å². The molecular weight excluding hydrogens is 352 g/mol. The molecule has 0 spiro atoms. The van der Waals surface area contributed by atoms with Crippen molar-refractivity contribution in [2.24, 2.45) is 10.1 Å². The maximum absolute atomic E-state index is 12.8. The third-order valence-corrected chi connectivity index (χ3v) is 6.79. The smallest absolute Gasteiger partial charge is 0.285 e. The number of sulfonamides is 1. The Bertz CT molecular complexity index is 831. The number of carbonyl (C=O) groups excluding carboxylic acids is 1. The van der Waals surface area contributed by atoms with Gasteiger partial charge in [-0.15, -0.1) is 4.40 Å². The predicted octanol–water partition coefficient (Wildman–Crippen LogP) is 1.23. The number of hydrogen-bond acceptors (Lipinski definition) is 5. The van der Waals surface area contributed by atoms with E-state index in [2.05, 4.69) is 9.71 Å². The number of nitrogens with one attached hydrogen (secondary N) is 1. The van der Waals surface area contributed by atoms with Crippen LogP contribution in [0.2, 0.25) is 0 Å². The third-order valence-electron chi connectivity index (χ3n) is 5.46. The van der Waals surface area contributed by atoms with Gasteiger partial charge >= 0.3 is 0 Å². The molecule has 0 aliphatic carbocycles. The fraction of sp³-hybridized carbons (Fsp3) is 0.556. The second-order valence-corrected chi connectivity index (χ2v) is 8.60. The molecule has 0 bridgehead atoms. The lowest BCUT2D eigenvalue weighted by molar-refractivity contribution is -0.124. The normalized spacial score (nSPS) is 21.4. The van der Waals surface area contributed by atoms with Crippen molar-refractivity contribution in [3.05, 3.63) is 29.8 Å². The molecule has 1 saturated heterocycles. The van der Waals surface area contributed by atoms with E-state index in [9.17, 15) is 13.2 Å². The Kier molecular flexibility index (Phi) is 5.07. The number of rotatable bonds is 5. The summed E-state index contributed by atoms with van der Waals surface area (Å²) in [4.78, 5) is 14.8. The summed E-state index contributed by atoms with van der Waals surface area (Å²) in [5, 5.41) is 2.96. The second-order valence-electron chi connectivity index (χ2n) is 7.02. The minimum atomic E-state index is -3.69. The summed E-state index contributed by atoms with van der Waals surface area (Å²) in [6.45, 7) is 5.03. The summed E-state index contributed by atoms with van der Waals surface area (Å²) < 4.78 is 28.6. The van der Waals surface area contributed by atoms with E-state index in [1.807, 2.05) is 18.7 Å². The highest BCUT2D eigenvalue weighted by Crippen LogP contribution is 2.31. The van der Waals surface area contributed by atoms with Gasteiger partial charge in [-0.25, -0.2) is 0 Å². The summed E-state index contributed by atoms with van der Waals surface area (Å²) in [6.07, 6.45) is 3.03. The van der Waals surface area contributed by atoms with Crippen molar-refractivity contribution in [1.29, 1.82) is 0 Å². The number of fused-ring (bicyclic) bond motifs is 1. The third kappa shape index (κ3) is 3.35. The van der Waals surface area contributed by atoms with Crippen molar-refractivity contribution in [1.82, 2.24) is 10.2 Å². The highest BCUT2D eigenvalue weighted by atomic mass is 32.2. The van der Waals surface area contributed by atoms with E-state index in [-0.39, 0.29) is 10.8 Å². The van der Waals surface area contributed by atoms with Gasteiger partial charge in [0.05, 0.1) is 0 Å². The van der Waals surface area contributed by atoms with Crippen LogP contribution in [0.4, 0.5) is 0 Å². The standard InChI is InChI=1S/C18H26N4O3S/c1-3-18(19,4-2)12-20-17(23)14-9-7-11-22(14)16-13-8-5-6-10-15(13)26(24,25)21-16/h5-6,8,10,14H,3-4,7,9,11-12,19H2,1-2H3,(H,20,23). The summed E-state index contributed by atoms with van der Waals surface area (Å²) >= 11 is 0. The molecule has 0 aromatic heterocycles. The Balaban J connectivity index is 1.80. The minimum Gasteiger partial charge on any atom is -0.352 e. The molecule has 2 heterocycles. The lowest BCUT2D eigenvalue weighted by Gasteiger charge is -2.30. The quantitative estimate of drug-likeness (QED) is 0.802. The molecule has 1 atom stereocenters. The van der Waals surface area contributed by atoms with Crippen molar-refractivity contribution in [2.75, 3.05) is 13.1 Å². The van der Waals surface area contributed by atoms with Crippen LogP contribution in [0, 0.1) is 0 Å². The number of nitrogens with two attached hydrogens (primary N) is 1. The van der Waals surface area contributed by atoms with Crippen molar-refractivity contribution in [2.45, 2.75) is 56.0 Å². The fourth-order valence-electron chi connectivity index (χ4n) is 3.47. The first-order valence-electron chi connectivity index (χ1n) is 9.09. The summed E-state index contributed by atoms with van der Waals surface area (Å²) in [7, 11) is -3.69. The van der Waals surface area contributed by atoms with Gasteiger partial charge in [0.2, 0.25) is 5.91 Å². The average molecular weight is 378 g/mol. The molecular formula is C18H26N4O3S. The molecule has 1 aromatic rings. The molecule has 2 aliphatic rings. The number of benzene rings is 1. The molecule has 1 unspecified atom stereocenters. The Labute approximate surface area is 154 Å². The van der Waals surface area contributed by atoms with Crippen LogP contribution in [0.25, 0.3) is 0 Å². The first kappa shape index (κ1) is 18.8. The Morgan fingerprint density at radius 3 is 2.73 bits per heavy atom. The van der Waals surface area contributed by atoms with Gasteiger partial charge in [0.1, 0.15) is 10.9 Å². The number of amidine groups is 1. The van der Waals surface area contributed by atoms with Gasteiger partial charge < -0.3 is 16.0 Å². The second kappa shape index (κ2) is 7.00. The zero-order chi connectivity index (χ0) is 18.9. The van der Waals surface area contributed by atoms with E-state index < -0.39 is 21.6 Å². The van der Waals surface area contributed by atoms with Gasteiger partial charge in [-0.05, 0) is 37.8 Å². The number of nitrogens with zero attached hydrogens (tertiary/aromatic N) is 2. The maximum atomic E-state index is 12.8. The number of hydrogen-bond donors (Lipinski definition) is 2. The van der Waals surface area contributed by atoms with Gasteiger partial charge in [-0.2, -0.15) is 8.42 Å². The lowest BCUT2D eigenvalue weighted by Crippen LogP contribution is -2.53. The largest absolute Gasteiger partial charge is 0.352 e. The molecule has 3 rings (SSSR count). The first-order valence-corrected chi connectivity index (χ1v) is 10.5. The van der Waals surface area contributed by atoms with Crippen LogP contribution in [0.15, 0.2) is 33.6 Å². The molecule has 1 aromatic carbocycles. The van der Waals surface area contributed by atoms with Crippen LogP contribution in [0.1, 0.15) is 45.1 Å². The van der Waals surface area contributed by atoms with Crippen LogP contribution in [0.5, 0.6) is 0 Å². The maximum Gasteiger partial charge on any atom is 0.285 e. The Hall–Kier alpha value is -1.93. The molecule has 3 N–H and O–H groups in total. The molecule has 1 fully saturated rings. The SMILES string of the molecule is CCC(N)(CC)CNC(=O)C1CCCN1C1=NS(=O)(=O)c2ccccc21. The Morgan fingerprint density at radius 2 is 2.04 bits per heavy atom. The van der Waals surface area contributed by atoms with Crippen molar-refractivity contribution in [3.63, 3.8) is 0 Å². The first-order chi connectivity index (χ1) is 12.3. The predicted molar refractivity (Wildman–Crippen MR) is 100 cm³/mol. The molecule has 7 nitrogen and oxygen atoms in total. The average Bonchev–Trinajstić information content (AvgIpc) is 3.22. The van der Waals surface area contributed by atoms with Crippen molar-refractivity contribution >= 4 is 21.8 Å². The summed E-state index contributed by atoms with van der Waals surface area (Å²) in [5.41, 5.74) is 6.42. The highest BCUT2D eigenvalue weighted by molar-refractivity contribution is 7.90. The Morgan fingerprint density at radius 1 is 1.35 bits per heavy atom. The van der Waals surface area contributed by atoms with Gasteiger partial charge in [-0.3, -0.25) is 4.79 Å². The zero-order valence-corrected chi connectivity index (χ0v) is 16.1. The van der Waals surface area contributed by atoms with Crippen LogP contribution >= 0.6 is 0 Å². The molecule has 1 amide bonds. The molecule has 0 saturated carbocycles. The fourth-order valence-corrected chi connectivity index (χ4v) is 4.69. The number of amides is 1. The van der Waals surface area contributed by atoms with Crippen molar-refractivity contribution < 1.29 is 13.2 Å². The zero-order valence-electron chi connectivity index (χ0n) is 15.2. The van der Waals surface area contributed by atoms with Gasteiger partial charge in [0, 0.05) is 24.2 Å². The van der Waals surface area contributed by atoms with Crippen LogP contribution in [-0.4, -0.2) is 49.7 Å². The van der Waals surface area contributed by atoms with E-state index in [0.29, 0.717) is 30.9 Å². The van der Waals surface area contributed by atoms with E-state index in [4.69, 9.17) is 5.73 Å². The van der Waals surface area contributed by atoms with Crippen LogP contribution in [-0.2, 0) is 14.8 Å². The van der Waals surface area contributed by atoms with Crippen LogP contribution < -0.4 is 11.1 Å². The minimum absolute atomic E-state index is 0.122.